The van der Waals surface area contributed by atoms with Crippen molar-refractivity contribution < 1.29 is 39.1 Å². The Morgan fingerprint density at radius 3 is 2.16 bits per heavy atom. The fourth-order valence-corrected chi connectivity index (χ4v) is 1.98. The Hall–Kier alpha value is -1.74. The monoisotopic (exact) mass is 358 g/mol. The lowest BCUT2D eigenvalue weighted by Crippen LogP contribution is -2.49. The van der Waals surface area contributed by atoms with Crippen molar-refractivity contribution in [1.29, 1.82) is 0 Å². The molecule has 8 heteroatoms. The van der Waals surface area contributed by atoms with Crippen LogP contribution in [-0.2, 0) is 23.8 Å². The van der Waals surface area contributed by atoms with Crippen LogP contribution in [-0.4, -0.2) is 65.1 Å². The molecule has 1 fully saturated rings. The largest absolute Gasteiger partial charge is 0.478 e. The minimum absolute atomic E-state index is 0.130. The van der Waals surface area contributed by atoms with Crippen molar-refractivity contribution in [3.63, 3.8) is 0 Å². The number of aliphatic hydroxyl groups is 2. The second-order valence-corrected chi connectivity index (χ2v) is 6.65. The van der Waals surface area contributed by atoms with Gasteiger partial charge in [-0.3, -0.25) is 0 Å². The van der Waals surface area contributed by atoms with Crippen molar-refractivity contribution in [2.24, 2.45) is 5.41 Å². The molecular weight excluding hydrogens is 332 g/mol. The summed E-state index contributed by atoms with van der Waals surface area (Å²) in [7, 11) is 0. The van der Waals surface area contributed by atoms with Crippen molar-refractivity contribution >= 4 is 11.9 Å². The van der Waals surface area contributed by atoms with Crippen LogP contribution in [0.3, 0.4) is 0 Å². The molecule has 1 aliphatic rings. The third-order valence-corrected chi connectivity index (χ3v) is 3.96. The van der Waals surface area contributed by atoms with Crippen LogP contribution in [0.2, 0.25) is 0 Å². The number of hydrogen-bond acceptors (Lipinski definition) is 7. The highest BCUT2D eigenvalue weighted by atomic mass is 16.7. The van der Waals surface area contributed by atoms with Gasteiger partial charge in [-0.05, 0) is 32.4 Å². The van der Waals surface area contributed by atoms with Gasteiger partial charge in [0.05, 0.1) is 26.4 Å². The average Bonchev–Trinajstić information content (AvgIpc) is 2.59. The van der Waals surface area contributed by atoms with Gasteiger partial charge in [-0.2, -0.15) is 0 Å². The maximum absolute atomic E-state index is 11.9. The van der Waals surface area contributed by atoms with Gasteiger partial charge in [0, 0.05) is 17.6 Å². The molecule has 25 heavy (non-hydrogen) atoms. The third-order valence-electron chi connectivity index (χ3n) is 3.96. The van der Waals surface area contributed by atoms with E-state index >= 15 is 0 Å². The van der Waals surface area contributed by atoms with E-state index < -0.39 is 28.7 Å². The summed E-state index contributed by atoms with van der Waals surface area (Å²) >= 11 is 0. The summed E-state index contributed by atoms with van der Waals surface area (Å²) in [5.74, 6) is -3.48. The lowest BCUT2D eigenvalue weighted by atomic mass is 9.87. The first kappa shape index (κ1) is 21.3. The Kier molecular flexibility index (Phi) is 7.30. The molecule has 1 aliphatic heterocycles. The molecule has 1 heterocycles. The molecule has 142 valence electrons. The normalized spacial score (nSPS) is 27.7. The first-order valence-corrected chi connectivity index (χ1v) is 7.95. The van der Waals surface area contributed by atoms with Gasteiger partial charge in [-0.1, -0.05) is 6.92 Å². The zero-order valence-electron chi connectivity index (χ0n) is 14.7. The van der Waals surface area contributed by atoms with E-state index in [9.17, 15) is 14.7 Å². The molecule has 8 nitrogen and oxygen atoms in total. The summed E-state index contributed by atoms with van der Waals surface area (Å²) in [6, 6.07) is 0. The minimum atomic E-state index is -1.55. The number of carbonyl (C=O) groups is 2. The standard InChI is InChI=1S/C17H26O8/c1-4-16(10-19)11-23-17(24-12-16,7-5-13(20)21)8-6-14(22)25-15(2,3)9-18/h5-8,18-19H,4,9-12H2,1-3H3,(H,20,21). The molecule has 1 rings (SSSR count). The summed E-state index contributed by atoms with van der Waals surface area (Å²) in [6.45, 7) is 4.74. The number of rotatable bonds is 8. The molecule has 0 aliphatic carbocycles. The Bertz CT molecular complexity index is 521. The zero-order chi connectivity index (χ0) is 19.1. The number of aliphatic hydroxyl groups excluding tert-OH is 2. The third kappa shape index (κ3) is 6.24. The highest BCUT2D eigenvalue weighted by Gasteiger charge is 2.41. The molecule has 0 amide bonds. The number of esters is 1. The van der Waals surface area contributed by atoms with Crippen LogP contribution in [0.25, 0.3) is 0 Å². The smallest absolute Gasteiger partial charge is 0.331 e. The van der Waals surface area contributed by atoms with Crippen molar-refractivity contribution in [1.82, 2.24) is 0 Å². The van der Waals surface area contributed by atoms with E-state index in [0.29, 0.717) is 6.42 Å². The van der Waals surface area contributed by atoms with E-state index in [-0.39, 0.29) is 26.4 Å². The average molecular weight is 358 g/mol. The SMILES string of the molecule is CCC1(CO)COC(C=CC(=O)O)(C=CC(=O)OC(C)(C)CO)OC1. The van der Waals surface area contributed by atoms with Gasteiger partial charge in [-0.15, -0.1) is 0 Å². The number of carboxylic acids is 1. The van der Waals surface area contributed by atoms with Crippen LogP contribution >= 0.6 is 0 Å². The first-order chi connectivity index (χ1) is 11.6. The second-order valence-electron chi connectivity index (χ2n) is 6.65. The van der Waals surface area contributed by atoms with E-state index in [2.05, 4.69) is 0 Å². The number of carboxylic acid groups (broad SMARTS) is 1. The number of ether oxygens (including phenoxy) is 3. The van der Waals surface area contributed by atoms with Gasteiger partial charge in [0.25, 0.3) is 0 Å². The predicted molar refractivity (Wildman–Crippen MR) is 87.6 cm³/mol. The van der Waals surface area contributed by atoms with Crippen molar-refractivity contribution in [3.8, 4) is 0 Å². The molecule has 0 bridgehead atoms. The topological polar surface area (TPSA) is 123 Å². The Morgan fingerprint density at radius 2 is 1.72 bits per heavy atom. The van der Waals surface area contributed by atoms with Gasteiger partial charge >= 0.3 is 11.9 Å². The quantitative estimate of drug-likeness (QED) is 0.426. The Labute approximate surface area is 146 Å². The molecule has 0 radical (unpaired) electrons. The summed E-state index contributed by atoms with van der Waals surface area (Å²) in [5.41, 5.74) is -1.62. The Balaban J connectivity index is 2.94. The molecule has 0 unspecified atom stereocenters. The van der Waals surface area contributed by atoms with Crippen LogP contribution in [0.4, 0.5) is 0 Å². The molecule has 0 aromatic carbocycles. The number of hydrogen-bond donors (Lipinski definition) is 3. The molecule has 3 N–H and O–H groups in total. The van der Waals surface area contributed by atoms with Gasteiger partial charge in [-0.25, -0.2) is 9.59 Å². The molecular formula is C17H26O8. The zero-order valence-corrected chi connectivity index (χ0v) is 14.7. The maximum atomic E-state index is 11.9. The lowest BCUT2D eigenvalue weighted by molar-refractivity contribution is -0.259. The molecule has 0 saturated carbocycles. The van der Waals surface area contributed by atoms with Gasteiger partial charge in [0.1, 0.15) is 5.60 Å². The van der Waals surface area contributed by atoms with E-state index in [1.807, 2.05) is 6.92 Å². The highest BCUT2D eigenvalue weighted by molar-refractivity contribution is 5.83. The summed E-state index contributed by atoms with van der Waals surface area (Å²) in [5, 5.41) is 27.5. The van der Waals surface area contributed by atoms with Crippen LogP contribution in [0.15, 0.2) is 24.3 Å². The molecule has 0 aromatic heterocycles. The van der Waals surface area contributed by atoms with E-state index in [1.54, 1.807) is 13.8 Å². The molecule has 0 aromatic rings. The van der Waals surface area contributed by atoms with Gasteiger partial charge in [0.2, 0.25) is 5.79 Å². The summed E-state index contributed by atoms with van der Waals surface area (Å²) in [4.78, 5) is 22.7. The number of aliphatic carboxylic acids is 1. The predicted octanol–water partition coefficient (Wildman–Crippen LogP) is 0.629. The molecule has 1 saturated heterocycles. The first-order valence-electron chi connectivity index (χ1n) is 7.95. The van der Waals surface area contributed by atoms with Crippen LogP contribution < -0.4 is 0 Å². The summed E-state index contributed by atoms with van der Waals surface area (Å²) in [6.07, 6.45) is 4.94. The van der Waals surface area contributed by atoms with E-state index in [4.69, 9.17) is 24.4 Å². The van der Waals surface area contributed by atoms with Crippen LogP contribution in [0.5, 0.6) is 0 Å². The van der Waals surface area contributed by atoms with Crippen LogP contribution in [0, 0.1) is 5.41 Å². The fraction of sp³-hybridized carbons (Fsp3) is 0.647. The van der Waals surface area contributed by atoms with Crippen molar-refractivity contribution in [3.05, 3.63) is 24.3 Å². The molecule has 0 spiro atoms. The number of carbonyl (C=O) groups excluding carboxylic acids is 1. The van der Waals surface area contributed by atoms with E-state index in [0.717, 1.165) is 12.2 Å². The maximum Gasteiger partial charge on any atom is 0.331 e. The van der Waals surface area contributed by atoms with Gasteiger partial charge in [0.15, 0.2) is 0 Å². The molecule has 0 atom stereocenters. The van der Waals surface area contributed by atoms with E-state index in [1.165, 1.54) is 12.2 Å². The summed E-state index contributed by atoms with van der Waals surface area (Å²) < 4.78 is 16.4. The minimum Gasteiger partial charge on any atom is -0.478 e. The van der Waals surface area contributed by atoms with Crippen molar-refractivity contribution in [2.75, 3.05) is 26.4 Å². The lowest BCUT2D eigenvalue weighted by Gasteiger charge is -2.42. The highest BCUT2D eigenvalue weighted by Crippen LogP contribution is 2.34. The van der Waals surface area contributed by atoms with Crippen LogP contribution in [0.1, 0.15) is 27.2 Å². The van der Waals surface area contributed by atoms with Crippen molar-refractivity contribution in [2.45, 2.75) is 38.6 Å². The second kappa shape index (κ2) is 8.57. The fourth-order valence-electron chi connectivity index (χ4n) is 1.98. The van der Waals surface area contributed by atoms with Gasteiger partial charge < -0.3 is 29.5 Å². The Morgan fingerprint density at radius 1 is 1.16 bits per heavy atom.